The molecule has 2 aromatic heterocycles. The number of halogens is 3. The van der Waals surface area contributed by atoms with Crippen LogP contribution in [0.1, 0.15) is 21.9 Å². The third kappa shape index (κ3) is 5.89. The summed E-state index contributed by atoms with van der Waals surface area (Å²) in [5.74, 6) is -2.02. The van der Waals surface area contributed by atoms with Gasteiger partial charge >= 0.3 is 0 Å². The first kappa shape index (κ1) is 28.6. The number of amides is 2. The molecule has 0 radical (unpaired) electrons. The molecule has 1 aliphatic heterocycles. The van der Waals surface area contributed by atoms with Crippen molar-refractivity contribution in [2.75, 3.05) is 17.2 Å². The van der Waals surface area contributed by atoms with Crippen molar-refractivity contribution in [3.05, 3.63) is 131 Å². The number of para-hydroxylation sites is 1. The molecule has 5 aromatic rings. The molecule has 0 saturated heterocycles. The predicted molar refractivity (Wildman–Crippen MR) is 163 cm³/mol. The highest BCUT2D eigenvalue weighted by atomic mass is 35.5. The number of aromatic nitrogens is 3. The minimum absolute atomic E-state index is 0.0667. The molecule has 3 heterocycles. The number of thioether (sulfide) groups is 1. The normalized spacial score (nSPS) is 14.7. The molecular formula is C32H24ClF2N5O2S. The molecule has 3 aromatic carbocycles. The molecule has 7 nitrogen and oxygen atoms in total. The number of nitrogens with zero attached hydrogens (tertiary/aromatic N) is 4. The van der Waals surface area contributed by atoms with Crippen LogP contribution in [-0.2, 0) is 16.1 Å². The van der Waals surface area contributed by atoms with Crippen LogP contribution in [0.3, 0.4) is 0 Å². The maximum atomic E-state index is 15.4. The molecule has 216 valence electrons. The van der Waals surface area contributed by atoms with Crippen LogP contribution in [0.4, 0.5) is 14.6 Å². The van der Waals surface area contributed by atoms with E-state index in [1.807, 2.05) is 36.4 Å². The van der Waals surface area contributed by atoms with Crippen LogP contribution >= 0.6 is 23.4 Å². The molecule has 0 fully saturated rings. The number of carbonyl (C=O) groups excluding carboxylic acids is 2. The van der Waals surface area contributed by atoms with E-state index in [9.17, 15) is 14.0 Å². The Morgan fingerprint density at radius 1 is 1.02 bits per heavy atom. The monoisotopic (exact) mass is 615 g/mol. The lowest BCUT2D eigenvalue weighted by molar-refractivity contribution is -0.123. The van der Waals surface area contributed by atoms with Crippen LogP contribution in [0.2, 0.25) is 5.02 Å². The van der Waals surface area contributed by atoms with Crippen LogP contribution in [0.15, 0.2) is 97.3 Å². The summed E-state index contributed by atoms with van der Waals surface area (Å²) in [4.78, 5) is 32.5. The topological polar surface area (TPSA) is 80.1 Å². The highest BCUT2D eigenvalue weighted by Crippen LogP contribution is 2.49. The van der Waals surface area contributed by atoms with Gasteiger partial charge in [-0.15, -0.1) is 11.8 Å². The van der Waals surface area contributed by atoms with Crippen LogP contribution in [-0.4, -0.2) is 38.9 Å². The Kier molecular flexibility index (Phi) is 8.22. The smallest absolute Gasteiger partial charge is 0.240 e. The summed E-state index contributed by atoms with van der Waals surface area (Å²) in [7, 11) is 0. The summed E-state index contributed by atoms with van der Waals surface area (Å²) in [5, 5.41) is 7.39. The van der Waals surface area contributed by atoms with Gasteiger partial charge < -0.3 is 5.32 Å². The number of fused-ring (bicyclic) bond motifs is 1. The Hall–Kier alpha value is -4.54. The van der Waals surface area contributed by atoms with Crippen LogP contribution in [0, 0.1) is 11.6 Å². The number of carbonyl (C=O) groups is 2. The zero-order valence-corrected chi connectivity index (χ0v) is 24.2. The Morgan fingerprint density at radius 3 is 2.56 bits per heavy atom. The number of rotatable bonds is 7. The predicted octanol–water partition coefficient (Wildman–Crippen LogP) is 6.35. The molecule has 11 heteroatoms. The third-order valence-electron chi connectivity index (χ3n) is 6.98. The molecule has 0 saturated carbocycles. The van der Waals surface area contributed by atoms with Gasteiger partial charge in [-0.2, -0.15) is 5.10 Å². The van der Waals surface area contributed by atoms with Crippen LogP contribution in [0.25, 0.3) is 16.9 Å². The van der Waals surface area contributed by atoms with E-state index in [1.54, 1.807) is 42.7 Å². The fourth-order valence-electron chi connectivity index (χ4n) is 4.98. The third-order valence-corrected chi connectivity index (χ3v) is 8.53. The summed E-state index contributed by atoms with van der Waals surface area (Å²) in [6.07, 6.45) is 3.29. The zero-order chi connectivity index (χ0) is 29.9. The molecule has 1 unspecified atom stereocenters. The molecule has 43 heavy (non-hydrogen) atoms. The largest absolute Gasteiger partial charge is 0.350 e. The van der Waals surface area contributed by atoms with Crippen molar-refractivity contribution in [1.29, 1.82) is 0 Å². The number of hydrogen-bond acceptors (Lipinski definition) is 5. The summed E-state index contributed by atoms with van der Waals surface area (Å²) >= 11 is 7.84. The molecule has 0 bridgehead atoms. The highest BCUT2D eigenvalue weighted by Gasteiger charge is 2.38. The van der Waals surface area contributed by atoms with Crippen LogP contribution < -0.4 is 10.2 Å². The summed E-state index contributed by atoms with van der Waals surface area (Å²) in [5.41, 5.74) is 3.17. The van der Waals surface area contributed by atoms with E-state index < -0.39 is 22.8 Å². The maximum absolute atomic E-state index is 15.4. The lowest BCUT2D eigenvalue weighted by Gasteiger charge is -2.23. The SMILES string of the molecule is O=C(CN1C(=O)CSC(c2ccc(F)cc2F)c2c(-c3ccccc3)nn(-c3ccccc3Cl)c21)NCc1cccnc1. The Labute approximate surface area is 255 Å². The van der Waals surface area contributed by atoms with E-state index in [1.165, 1.54) is 33.5 Å². The van der Waals surface area contributed by atoms with Crippen molar-refractivity contribution in [3.8, 4) is 16.9 Å². The van der Waals surface area contributed by atoms with Gasteiger partial charge in [-0.05, 0) is 29.8 Å². The van der Waals surface area contributed by atoms with Crippen molar-refractivity contribution in [1.82, 2.24) is 20.1 Å². The lowest BCUT2D eigenvalue weighted by atomic mass is 9.99. The molecular weight excluding hydrogens is 592 g/mol. The van der Waals surface area contributed by atoms with Gasteiger partial charge in [-0.25, -0.2) is 13.5 Å². The summed E-state index contributed by atoms with van der Waals surface area (Å²) in [6, 6.07) is 23.3. The van der Waals surface area contributed by atoms with E-state index in [0.717, 1.165) is 11.6 Å². The van der Waals surface area contributed by atoms with Gasteiger partial charge in [0.25, 0.3) is 0 Å². The van der Waals surface area contributed by atoms with E-state index in [2.05, 4.69) is 10.3 Å². The molecule has 0 spiro atoms. The highest BCUT2D eigenvalue weighted by molar-refractivity contribution is 8.00. The molecule has 0 aliphatic carbocycles. The van der Waals surface area contributed by atoms with Gasteiger partial charge in [-0.3, -0.25) is 19.5 Å². The summed E-state index contributed by atoms with van der Waals surface area (Å²) in [6.45, 7) is -0.103. The van der Waals surface area contributed by atoms with Crippen molar-refractivity contribution in [2.45, 2.75) is 11.8 Å². The number of pyridine rings is 1. The quantitative estimate of drug-likeness (QED) is 0.231. The second-order valence-electron chi connectivity index (χ2n) is 9.79. The average molecular weight is 616 g/mol. The van der Waals surface area contributed by atoms with E-state index in [-0.39, 0.29) is 36.1 Å². The van der Waals surface area contributed by atoms with Crippen LogP contribution in [0.5, 0.6) is 0 Å². The molecule has 1 aliphatic rings. The van der Waals surface area contributed by atoms with Crippen molar-refractivity contribution < 1.29 is 18.4 Å². The van der Waals surface area contributed by atoms with E-state index in [4.69, 9.17) is 16.7 Å². The number of nitrogens with one attached hydrogen (secondary N) is 1. The Balaban J connectivity index is 1.54. The van der Waals surface area contributed by atoms with E-state index in [0.29, 0.717) is 27.5 Å². The Morgan fingerprint density at radius 2 is 1.81 bits per heavy atom. The zero-order valence-electron chi connectivity index (χ0n) is 22.6. The van der Waals surface area contributed by atoms with Gasteiger partial charge in [-0.1, -0.05) is 66.2 Å². The van der Waals surface area contributed by atoms with E-state index >= 15 is 4.39 Å². The number of benzene rings is 3. The first-order valence-corrected chi connectivity index (χ1v) is 14.8. The first-order chi connectivity index (χ1) is 20.9. The second-order valence-corrected chi connectivity index (χ2v) is 11.3. The van der Waals surface area contributed by atoms with Crippen molar-refractivity contribution in [2.24, 2.45) is 0 Å². The first-order valence-electron chi connectivity index (χ1n) is 13.4. The minimum atomic E-state index is -0.755. The molecule has 6 rings (SSSR count). The number of hydrogen-bond donors (Lipinski definition) is 1. The summed E-state index contributed by atoms with van der Waals surface area (Å²) < 4.78 is 30.9. The fraction of sp³-hybridized carbons (Fsp3) is 0.125. The molecule has 1 N–H and O–H groups in total. The Bertz CT molecular complexity index is 1800. The van der Waals surface area contributed by atoms with Crippen molar-refractivity contribution >= 4 is 41.0 Å². The maximum Gasteiger partial charge on any atom is 0.240 e. The fourth-order valence-corrected chi connectivity index (χ4v) is 6.42. The molecule has 1 atom stereocenters. The molecule has 2 amide bonds. The van der Waals surface area contributed by atoms with Gasteiger partial charge in [0.2, 0.25) is 11.8 Å². The van der Waals surface area contributed by atoms with Gasteiger partial charge in [0.05, 0.1) is 27.4 Å². The van der Waals surface area contributed by atoms with Gasteiger partial charge in [0.15, 0.2) is 0 Å². The standard InChI is InChI=1S/C32H24ClF2N5O2S/c33-24-10-4-5-11-26(24)40-32-29(30(38-40)21-8-2-1-3-9-21)31(23-13-12-22(34)15-25(23)35)43-19-28(42)39(32)18-27(41)37-17-20-7-6-14-36-16-20/h1-16,31H,17-19H2,(H,37,41). The minimum Gasteiger partial charge on any atom is -0.350 e. The van der Waals surface area contributed by atoms with Crippen molar-refractivity contribution in [3.63, 3.8) is 0 Å². The van der Waals surface area contributed by atoms with Gasteiger partial charge in [0, 0.05) is 41.7 Å². The number of anilines is 1. The lowest BCUT2D eigenvalue weighted by Crippen LogP contribution is -2.42. The second kappa shape index (κ2) is 12.4. The average Bonchev–Trinajstić information content (AvgIpc) is 3.34. The van der Waals surface area contributed by atoms with Gasteiger partial charge in [0.1, 0.15) is 24.0 Å².